The summed E-state index contributed by atoms with van der Waals surface area (Å²) in [5.74, 6) is 1.12. The van der Waals surface area contributed by atoms with E-state index in [0.29, 0.717) is 11.6 Å². The van der Waals surface area contributed by atoms with Crippen molar-refractivity contribution in [1.29, 1.82) is 0 Å². The first kappa shape index (κ1) is 23.3. The van der Waals surface area contributed by atoms with E-state index in [4.69, 9.17) is 4.74 Å². The van der Waals surface area contributed by atoms with Gasteiger partial charge in [-0.1, -0.05) is 37.6 Å². The molecule has 7 heteroatoms. The average Bonchev–Trinajstić information content (AvgIpc) is 3.13. The van der Waals surface area contributed by atoms with E-state index in [1.54, 1.807) is 4.90 Å². The van der Waals surface area contributed by atoms with Crippen molar-refractivity contribution in [3.63, 3.8) is 0 Å². The van der Waals surface area contributed by atoms with Gasteiger partial charge in [-0.15, -0.1) is 0 Å². The van der Waals surface area contributed by atoms with Gasteiger partial charge >= 0.3 is 0 Å². The molecule has 1 aromatic heterocycles. The summed E-state index contributed by atoms with van der Waals surface area (Å²) in [6.45, 7) is 7.08. The van der Waals surface area contributed by atoms with Crippen molar-refractivity contribution in [1.82, 2.24) is 19.8 Å². The smallest absolute Gasteiger partial charge is 0.258 e. The van der Waals surface area contributed by atoms with E-state index < -0.39 is 0 Å². The summed E-state index contributed by atoms with van der Waals surface area (Å²) in [4.78, 5) is 31.5. The van der Waals surface area contributed by atoms with Crippen LogP contribution in [0.4, 0.5) is 0 Å². The van der Waals surface area contributed by atoms with Crippen molar-refractivity contribution in [2.24, 2.45) is 0 Å². The fourth-order valence-corrected chi connectivity index (χ4v) is 3.45. The second-order valence-electron chi connectivity index (χ2n) is 8.11. The van der Waals surface area contributed by atoms with Crippen LogP contribution in [0.3, 0.4) is 0 Å². The summed E-state index contributed by atoms with van der Waals surface area (Å²) in [6, 6.07) is 13.6. The Morgan fingerprint density at radius 2 is 1.94 bits per heavy atom. The van der Waals surface area contributed by atoms with Crippen molar-refractivity contribution in [3.05, 3.63) is 59.4 Å². The van der Waals surface area contributed by atoms with E-state index >= 15 is 0 Å². The number of hydrogen-bond acceptors (Lipinski definition) is 4. The van der Waals surface area contributed by atoms with E-state index in [0.717, 1.165) is 41.5 Å². The topological polar surface area (TPSA) is 76.5 Å². The van der Waals surface area contributed by atoms with Gasteiger partial charge in [0.15, 0.2) is 6.61 Å². The molecule has 0 aliphatic rings. The molecule has 7 nitrogen and oxygen atoms in total. The van der Waals surface area contributed by atoms with Crippen molar-refractivity contribution >= 4 is 22.8 Å². The molecule has 0 radical (unpaired) electrons. The first-order chi connectivity index (χ1) is 15.4. The fraction of sp³-hybridized carbons (Fsp3) is 0.400. The number of nitrogens with one attached hydrogen (secondary N) is 1. The van der Waals surface area contributed by atoms with Crippen LogP contribution in [0.2, 0.25) is 0 Å². The van der Waals surface area contributed by atoms with Crippen LogP contribution in [0.5, 0.6) is 5.75 Å². The van der Waals surface area contributed by atoms with Gasteiger partial charge in [0.05, 0.1) is 17.6 Å². The molecule has 0 atom stereocenters. The Morgan fingerprint density at radius 3 is 2.72 bits per heavy atom. The summed E-state index contributed by atoms with van der Waals surface area (Å²) >= 11 is 0. The Kier molecular flexibility index (Phi) is 7.87. The molecule has 1 heterocycles. The Hall–Kier alpha value is -3.35. The molecule has 0 saturated carbocycles. The van der Waals surface area contributed by atoms with Crippen LogP contribution in [0, 0.1) is 13.8 Å². The number of aromatic nitrogens is 2. The minimum absolute atomic E-state index is 0.0208. The molecule has 32 heavy (non-hydrogen) atoms. The maximum Gasteiger partial charge on any atom is 0.258 e. The number of rotatable bonds is 10. The lowest BCUT2D eigenvalue weighted by Crippen LogP contribution is -2.33. The molecule has 0 unspecified atom stereocenters. The summed E-state index contributed by atoms with van der Waals surface area (Å²) in [5, 5.41) is 2.87. The van der Waals surface area contributed by atoms with E-state index in [2.05, 4.69) is 17.2 Å². The van der Waals surface area contributed by atoms with Crippen molar-refractivity contribution in [3.8, 4) is 5.75 Å². The van der Waals surface area contributed by atoms with Crippen molar-refractivity contribution in [2.45, 2.75) is 46.7 Å². The normalized spacial score (nSPS) is 10.9. The quantitative estimate of drug-likeness (QED) is 0.527. The Balaban J connectivity index is 1.67. The molecule has 0 aliphatic carbocycles. The molecule has 0 spiro atoms. The largest absolute Gasteiger partial charge is 0.483 e. The maximum atomic E-state index is 12.7. The van der Waals surface area contributed by atoms with E-state index in [9.17, 15) is 9.59 Å². The lowest BCUT2D eigenvalue weighted by Gasteiger charge is -2.18. The first-order valence-electron chi connectivity index (χ1n) is 11.0. The van der Waals surface area contributed by atoms with E-state index in [-0.39, 0.29) is 31.5 Å². The zero-order valence-electron chi connectivity index (χ0n) is 19.4. The zero-order valence-corrected chi connectivity index (χ0v) is 19.4. The third-order valence-corrected chi connectivity index (χ3v) is 5.45. The van der Waals surface area contributed by atoms with Crippen molar-refractivity contribution < 1.29 is 14.3 Å². The highest BCUT2D eigenvalue weighted by molar-refractivity contribution is 5.81. The highest BCUT2D eigenvalue weighted by Gasteiger charge is 2.16. The third kappa shape index (κ3) is 5.87. The zero-order chi connectivity index (χ0) is 23.1. The third-order valence-electron chi connectivity index (χ3n) is 5.45. The average molecular weight is 437 g/mol. The number of imidazole rings is 1. The second kappa shape index (κ2) is 10.8. The molecule has 2 aromatic carbocycles. The van der Waals surface area contributed by atoms with E-state index in [1.807, 2.05) is 67.9 Å². The van der Waals surface area contributed by atoms with Gasteiger partial charge in [-0.3, -0.25) is 9.59 Å². The summed E-state index contributed by atoms with van der Waals surface area (Å²) in [5.41, 5.74) is 3.73. The summed E-state index contributed by atoms with van der Waals surface area (Å²) in [7, 11) is 1.82. The van der Waals surface area contributed by atoms with Gasteiger partial charge in [-0.25, -0.2) is 4.98 Å². The molecular weight excluding hydrogens is 404 g/mol. The molecular formula is C25H32N4O3. The van der Waals surface area contributed by atoms with Gasteiger partial charge in [0.1, 0.15) is 18.1 Å². The number of aryl methyl sites for hydroxylation is 2. The van der Waals surface area contributed by atoms with Crippen LogP contribution in [-0.2, 0) is 22.7 Å². The lowest BCUT2D eigenvalue weighted by atomic mass is 10.1. The number of unbranched alkanes of at least 4 members (excludes halogenated alkanes) is 1. The molecule has 0 fully saturated rings. The molecule has 2 amide bonds. The first-order valence-corrected chi connectivity index (χ1v) is 11.0. The van der Waals surface area contributed by atoms with Crippen LogP contribution < -0.4 is 10.1 Å². The minimum Gasteiger partial charge on any atom is -0.483 e. The fourth-order valence-electron chi connectivity index (χ4n) is 3.45. The van der Waals surface area contributed by atoms with Crippen LogP contribution >= 0.6 is 0 Å². The van der Waals surface area contributed by atoms with E-state index in [1.165, 1.54) is 0 Å². The number of para-hydroxylation sites is 2. The van der Waals surface area contributed by atoms with Gasteiger partial charge in [0.2, 0.25) is 5.91 Å². The number of likely N-dealkylation sites (N-methyl/N-ethyl adjacent to an activating group) is 1. The molecule has 3 rings (SSSR count). The highest BCUT2D eigenvalue weighted by Crippen LogP contribution is 2.19. The maximum absolute atomic E-state index is 12.7. The Morgan fingerprint density at radius 1 is 1.16 bits per heavy atom. The number of fused-ring (bicyclic) bond motifs is 1. The number of carbonyl (C=O) groups excluding carboxylic acids is 2. The standard InChI is InChI=1S/C25H32N4O3/c1-5-6-13-28(4)25(31)16-29-21-10-8-7-9-20(21)27-23(29)15-26-24(30)17-32-22-14-18(2)11-12-19(22)3/h7-12,14H,5-6,13,15-17H2,1-4H3,(H,26,30). The highest BCUT2D eigenvalue weighted by atomic mass is 16.5. The molecule has 0 aliphatic heterocycles. The van der Waals surface area contributed by atoms with Gasteiger partial charge in [-0.05, 0) is 49.6 Å². The molecule has 0 bridgehead atoms. The van der Waals surface area contributed by atoms with Gasteiger partial charge in [-0.2, -0.15) is 0 Å². The van der Waals surface area contributed by atoms with Crippen LogP contribution in [0.1, 0.15) is 36.7 Å². The van der Waals surface area contributed by atoms with Crippen LogP contribution in [0.25, 0.3) is 11.0 Å². The SMILES string of the molecule is CCCCN(C)C(=O)Cn1c(CNC(=O)COc2cc(C)ccc2C)nc2ccccc21. The molecule has 3 aromatic rings. The number of hydrogen-bond donors (Lipinski definition) is 1. The van der Waals surface area contributed by atoms with Gasteiger partial charge in [0, 0.05) is 13.6 Å². The monoisotopic (exact) mass is 436 g/mol. The number of carbonyl (C=O) groups is 2. The summed E-state index contributed by atoms with van der Waals surface area (Å²) < 4.78 is 7.57. The Labute approximate surface area is 189 Å². The number of amides is 2. The molecule has 0 saturated heterocycles. The molecule has 170 valence electrons. The number of benzene rings is 2. The molecule has 1 N–H and O–H groups in total. The predicted octanol–water partition coefficient (Wildman–Crippen LogP) is 3.61. The van der Waals surface area contributed by atoms with Gasteiger partial charge < -0.3 is 19.5 Å². The lowest BCUT2D eigenvalue weighted by molar-refractivity contribution is -0.130. The number of nitrogens with zero attached hydrogens (tertiary/aromatic N) is 3. The minimum atomic E-state index is -0.240. The second-order valence-corrected chi connectivity index (χ2v) is 8.11. The Bertz CT molecular complexity index is 1090. The number of ether oxygens (including phenoxy) is 1. The summed E-state index contributed by atoms with van der Waals surface area (Å²) in [6.07, 6.45) is 2.00. The van der Waals surface area contributed by atoms with Crippen LogP contribution in [0.15, 0.2) is 42.5 Å². The van der Waals surface area contributed by atoms with Crippen molar-refractivity contribution in [2.75, 3.05) is 20.2 Å². The van der Waals surface area contributed by atoms with Gasteiger partial charge in [0.25, 0.3) is 5.91 Å². The van der Waals surface area contributed by atoms with Crippen LogP contribution in [-0.4, -0.2) is 46.5 Å². The predicted molar refractivity (Wildman–Crippen MR) is 126 cm³/mol.